The topological polar surface area (TPSA) is 37.4 Å². The molecule has 1 aliphatic carbocycles. The fourth-order valence-corrected chi connectivity index (χ4v) is 2.80. The van der Waals surface area contributed by atoms with Gasteiger partial charge in [-0.15, -0.1) is 0 Å². The van der Waals surface area contributed by atoms with Crippen molar-refractivity contribution in [3.8, 4) is 0 Å². The Labute approximate surface area is 122 Å². The molecule has 21 heavy (non-hydrogen) atoms. The second kappa shape index (κ2) is 4.42. The first-order valence-corrected chi connectivity index (χ1v) is 7.03. The van der Waals surface area contributed by atoms with Crippen LogP contribution in [0.15, 0.2) is 54.6 Å². The summed E-state index contributed by atoms with van der Waals surface area (Å²) in [6, 6.07) is 14.6. The molecule has 0 N–H and O–H groups in total. The summed E-state index contributed by atoms with van der Waals surface area (Å²) < 4.78 is 0. The van der Waals surface area contributed by atoms with Gasteiger partial charge in [0.15, 0.2) is 0 Å². The molecular formula is C18H13NO2. The summed E-state index contributed by atoms with van der Waals surface area (Å²) in [5, 5.41) is 0. The van der Waals surface area contributed by atoms with Gasteiger partial charge in [-0.3, -0.25) is 9.59 Å². The minimum absolute atomic E-state index is 0.244. The average Bonchev–Trinajstić information content (AvgIpc) is 2.71. The minimum atomic E-state index is -0.244. The third-order valence-corrected chi connectivity index (χ3v) is 4.09. The predicted molar refractivity (Wildman–Crippen MR) is 81.2 cm³/mol. The number of allylic oxidation sites excluding steroid dienone is 2. The van der Waals surface area contributed by atoms with Gasteiger partial charge in [0, 0.05) is 0 Å². The highest BCUT2D eigenvalue weighted by atomic mass is 16.2. The first-order valence-electron chi connectivity index (χ1n) is 7.03. The Kier molecular flexibility index (Phi) is 2.54. The zero-order valence-corrected chi connectivity index (χ0v) is 11.4. The third-order valence-electron chi connectivity index (χ3n) is 4.09. The summed E-state index contributed by atoms with van der Waals surface area (Å²) >= 11 is 0. The summed E-state index contributed by atoms with van der Waals surface area (Å²) in [5.41, 5.74) is 4.09. The molecule has 1 aliphatic heterocycles. The number of rotatable bonds is 2. The van der Waals surface area contributed by atoms with Crippen LogP contribution < -0.4 is 4.90 Å². The van der Waals surface area contributed by atoms with E-state index in [9.17, 15) is 9.59 Å². The summed E-state index contributed by atoms with van der Waals surface area (Å²) in [6.45, 7) is 0. The average molecular weight is 275 g/mol. The standard InChI is InChI=1S/C18H13NO2/c20-17-15-6-1-2-7-16(15)18(21)19(17)14-10-8-13(9-11-14)12-4-3-5-12/h1-2,4,6-11H,3,5H2. The van der Waals surface area contributed by atoms with Gasteiger partial charge in [0.05, 0.1) is 16.8 Å². The van der Waals surface area contributed by atoms with Crippen LogP contribution in [-0.4, -0.2) is 11.8 Å². The van der Waals surface area contributed by atoms with Gasteiger partial charge in [0.25, 0.3) is 11.8 Å². The molecule has 3 heteroatoms. The van der Waals surface area contributed by atoms with E-state index < -0.39 is 0 Å². The van der Waals surface area contributed by atoms with Crippen molar-refractivity contribution in [2.24, 2.45) is 0 Å². The van der Waals surface area contributed by atoms with Crippen molar-refractivity contribution in [1.82, 2.24) is 0 Å². The van der Waals surface area contributed by atoms with Crippen LogP contribution in [0.5, 0.6) is 0 Å². The van der Waals surface area contributed by atoms with E-state index in [0.717, 1.165) is 12.8 Å². The Morgan fingerprint density at radius 3 is 1.86 bits per heavy atom. The van der Waals surface area contributed by atoms with Gasteiger partial charge in [0.2, 0.25) is 0 Å². The first kappa shape index (κ1) is 12.1. The number of anilines is 1. The number of imide groups is 1. The lowest BCUT2D eigenvalue weighted by molar-refractivity contribution is 0.0926. The van der Waals surface area contributed by atoms with E-state index >= 15 is 0 Å². The van der Waals surface area contributed by atoms with Crippen LogP contribution in [0.4, 0.5) is 5.69 Å². The van der Waals surface area contributed by atoms with Gasteiger partial charge in [0.1, 0.15) is 0 Å². The highest BCUT2D eigenvalue weighted by Gasteiger charge is 2.36. The maximum atomic E-state index is 12.4. The molecule has 2 aromatic carbocycles. The van der Waals surface area contributed by atoms with Crippen LogP contribution in [0.3, 0.4) is 0 Å². The maximum absolute atomic E-state index is 12.4. The molecular weight excluding hydrogens is 262 g/mol. The molecule has 0 radical (unpaired) electrons. The third kappa shape index (κ3) is 1.74. The highest BCUT2D eigenvalue weighted by molar-refractivity contribution is 6.34. The second-order valence-electron chi connectivity index (χ2n) is 5.31. The first-order chi connectivity index (χ1) is 10.3. The lowest BCUT2D eigenvalue weighted by atomic mass is 9.92. The molecule has 0 unspecified atom stereocenters. The van der Waals surface area contributed by atoms with Gasteiger partial charge >= 0.3 is 0 Å². The lowest BCUT2D eigenvalue weighted by Crippen LogP contribution is -2.29. The van der Waals surface area contributed by atoms with Crippen molar-refractivity contribution >= 4 is 23.1 Å². The van der Waals surface area contributed by atoms with E-state index in [1.165, 1.54) is 16.0 Å². The molecule has 0 spiro atoms. The molecule has 102 valence electrons. The van der Waals surface area contributed by atoms with Crippen LogP contribution in [0.1, 0.15) is 39.1 Å². The Bertz CT molecular complexity index is 752. The SMILES string of the molecule is O=C1c2ccccc2C(=O)N1c1ccc(C2=CCC2)cc1. The zero-order valence-electron chi connectivity index (χ0n) is 11.4. The molecule has 2 amide bonds. The van der Waals surface area contributed by atoms with E-state index in [0.29, 0.717) is 16.8 Å². The molecule has 0 bridgehead atoms. The number of amides is 2. The maximum Gasteiger partial charge on any atom is 0.266 e. The fourth-order valence-electron chi connectivity index (χ4n) is 2.80. The Morgan fingerprint density at radius 2 is 1.38 bits per heavy atom. The largest absolute Gasteiger partial charge is 0.268 e. The molecule has 1 heterocycles. The Morgan fingerprint density at radius 1 is 0.810 bits per heavy atom. The van der Waals surface area contributed by atoms with E-state index in [-0.39, 0.29) is 11.8 Å². The Balaban J connectivity index is 1.71. The summed E-state index contributed by atoms with van der Waals surface area (Å²) in [7, 11) is 0. The van der Waals surface area contributed by atoms with Gasteiger partial charge in [-0.25, -0.2) is 4.90 Å². The van der Waals surface area contributed by atoms with Crippen LogP contribution >= 0.6 is 0 Å². The molecule has 3 nitrogen and oxygen atoms in total. The molecule has 0 saturated carbocycles. The van der Waals surface area contributed by atoms with Gasteiger partial charge in [-0.1, -0.05) is 30.3 Å². The smallest absolute Gasteiger partial charge is 0.266 e. The number of benzene rings is 2. The van der Waals surface area contributed by atoms with Crippen molar-refractivity contribution in [2.45, 2.75) is 12.8 Å². The van der Waals surface area contributed by atoms with Crippen molar-refractivity contribution in [3.63, 3.8) is 0 Å². The highest BCUT2D eigenvalue weighted by Crippen LogP contribution is 2.32. The molecule has 0 saturated heterocycles. The Hall–Kier alpha value is -2.68. The van der Waals surface area contributed by atoms with Crippen molar-refractivity contribution in [2.75, 3.05) is 4.90 Å². The molecule has 2 aliphatic rings. The lowest BCUT2D eigenvalue weighted by Gasteiger charge is -2.17. The van der Waals surface area contributed by atoms with Gasteiger partial charge in [-0.2, -0.15) is 0 Å². The molecule has 0 fully saturated rings. The van der Waals surface area contributed by atoms with Crippen LogP contribution in [0.25, 0.3) is 5.57 Å². The fraction of sp³-hybridized carbons (Fsp3) is 0.111. The monoisotopic (exact) mass is 275 g/mol. The van der Waals surface area contributed by atoms with E-state index in [2.05, 4.69) is 6.08 Å². The number of carbonyl (C=O) groups is 2. The van der Waals surface area contributed by atoms with Crippen LogP contribution in [-0.2, 0) is 0 Å². The predicted octanol–water partition coefficient (Wildman–Crippen LogP) is 3.66. The second-order valence-corrected chi connectivity index (χ2v) is 5.31. The number of hydrogen-bond donors (Lipinski definition) is 0. The van der Waals surface area contributed by atoms with Crippen molar-refractivity contribution < 1.29 is 9.59 Å². The number of carbonyl (C=O) groups excluding carboxylic acids is 2. The van der Waals surface area contributed by atoms with E-state index in [4.69, 9.17) is 0 Å². The molecule has 0 aromatic heterocycles. The van der Waals surface area contributed by atoms with E-state index in [1.807, 2.05) is 24.3 Å². The zero-order chi connectivity index (χ0) is 14.4. The summed E-state index contributed by atoms with van der Waals surface area (Å²) in [4.78, 5) is 26.0. The molecule has 0 atom stereocenters. The van der Waals surface area contributed by atoms with Crippen LogP contribution in [0, 0.1) is 0 Å². The van der Waals surface area contributed by atoms with Crippen molar-refractivity contribution in [1.29, 1.82) is 0 Å². The normalized spacial score (nSPS) is 16.6. The van der Waals surface area contributed by atoms with Crippen LogP contribution in [0.2, 0.25) is 0 Å². The van der Waals surface area contributed by atoms with Crippen molar-refractivity contribution in [3.05, 3.63) is 71.3 Å². The summed E-state index contributed by atoms with van der Waals surface area (Å²) in [6.07, 6.45) is 4.44. The minimum Gasteiger partial charge on any atom is -0.268 e. The number of fused-ring (bicyclic) bond motifs is 1. The van der Waals surface area contributed by atoms with Gasteiger partial charge in [-0.05, 0) is 48.2 Å². The summed E-state index contributed by atoms with van der Waals surface area (Å²) in [5.74, 6) is -0.489. The quantitative estimate of drug-likeness (QED) is 0.784. The number of hydrogen-bond acceptors (Lipinski definition) is 2. The molecule has 2 aromatic rings. The van der Waals surface area contributed by atoms with Gasteiger partial charge < -0.3 is 0 Å². The number of nitrogens with zero attached hydrogens (tertiary/aromatic N) is 1. The molecule has 4 rings (SSSR count). The van der Waals surface area contributed by atoms with E-state index in [1.54, 1.807) is 24.3 Å².